The minimum absolute atomic E-state index is 0.0517. The first kappa shape index (κ1) is 16.6. The summed E-state index contributed by atoms with van der Waals surface area (Å²) in [4.78, 5) is 27.1. The lowest BCUT2D eigenvalue weighted by molar-refractivity contribution is -0.384. The molecule has 0 spiro atoms. The Balaban J connectivity index is 2.47. The quantitative estimate of drug-likeness (QED) is 0.465. The van der Waals surface area contributed by atoms with E-state index in [1.54, 1.807) is 44.4 Å². The summed E-state index contributed by atoms with van der Waals surface area (Å²) in [5.74, 6) is -0.413. The fourth-order valence-corrected chi connectivity index (χ4v) is 2.46. The molecule has 0 N–H and O–H groups in total. The van der Waals surface area contributed by atoms with Crippen molar-refractivity contribution in [1.82, 2.24) is 4.98 Å². The van der Waals surface area contributed by atoms with Crippen LogP contribution in [0.25, 0.3) is 0 Å². The maximum atomic E-state index is 12.5. The summed E-state index contributed by atoms with van der Waals surface area (Å²) >= 11 is 0. The number of non-ortho nitro benzene ring substituents is 1. The van der Waals surface area contributed by atoms with Crippen molar-refractivity contribution >= 4 is 11.7 Å². The van der Waals surface area contributed by atoms with Gasteiger partial charge in [0.15, 0.2) is 0 Å². The van der Waals surface area contributed by atoms with E-state index in [4.69, 9.17) is 4.74 Å². The number of hydrogen-bond acceptors (Lipinski definition) is 5. The van der Waals surface area contributed by atoms with Crippen molar-refractivity contribution in [3.8, 4) is 0 Å². The summed E-state index contributed by atoms with van der Waals surface area (Å²) in [6, 6.07) is 9.76. The Kier molecular flexibility index (Phi) is 5.05. The lowest BCUT2D eigenvalue weighted by atomic mass is 9.77. The molecule has 0 aliphatic rings. The van der Waals surface area contributed by atoms with Gasteiger partial charge < -0.3 is 4.74 Å². The van der Waals surface area contributed by atoms with Crippen molar-refractivity contribution < 1.29 is 14.5 Å². The first-order valence-electron chi connectivity index (χ1n) is 7.28. The smallest absolute Gasteiger partial charge is 0.316 e. The van der Waals surface area contributed by atoms with Crippen LogP contribution in [0.2, 0.25) is 0 Å². The van der Waals surface area contributed by atoms with Gasteiger partial charge in [0.25, 0.3) is 5.69 Å². The number of rotatable bonds is 6. The second-order valence-corrected chi connectivity index (χ2v) is 5.40. The molecule has 1 atom stereocenters. The molecule has 6 heteroatoms. The predicted octanol–water partition coefficient (Wildman–Crippen LogP) is 3.05. The van der Waals surface area contributed by atoms with Crippen molar-refractivity contribution in [3.05, 3.63) is 70.0 Å². The van der Waals surface area contributed by atoms with Crippen LogP contribution >= 0.6 is 0 Å². The van der Waals surface area contributed by atoms with Crippen LogP contribution in [-0.4, -0.2) is 22.5 Å². The minimum atomic E-state index is -1.02. The molecule has 2 aromatic rings. The van der Waals surface area contributed by atoms with Crippen molar-refractivity contribution in [2.75, 3.05) is 6.61 Å². The number of aromatic nitrogens is 1. The summed E-state index contributed by atoms with van der Waals surface area (Å²) in [7, 11) is 0. The first-order chi connectivity index (χ1) is 11.0. The third kappa shape index (κ3) is 3.71. The van der Waals surface area contributed by atoms with Crippen LogP contribution < -0.4 is 0 Å². The van der Waals surface area contributed by atoms with E-state index in [9.17, 15) is 14.9 Å². The largest absolute Gasteiger partial charge is 0.465 e. The molecule has 0 aliphatic heterocycles. The minimum Gasteiger partial charge on any atom is -0.465 e. The number of nitro benzene ring substituents is 1. The Bertz CT molecular complexity index is 703. The zero-order valence-electron chi connectivity index (χ0n) is 13.1. The molecule has 23 heavy (non-hydrogen) atoms. The molecule has 2 rings (SSSR count). The monoisotopic (exact) mass is 314 g/mol. The van der Waals surface area contributed by atoms with E-state index >= 15 is 0 Å². The molecule has 120 valence electrons. The molecular formula is C17H18N2O4. The Hall–Kier alpha value is -2.76. The van der Waals surface area contributed by atoms with Crippen molar-refractivity contribution in [2.45, 2.75) is 25.7 Å². The molecule has 1 aromatic heterocycles. The van der Waals surface area contributed by atoms with Crippen LogP contribution in [0.1, 0.15) is 25.0 Å². The van der Waals surface area contributed by atoms with Gasteiger partial charge in [-0.25, -0.2) is 0 Å². The maximum absolute atomic E-state index is 12.5. The van der Waals surface area contributed by atoms with Crippen LogP contribution in [0, 0.1) is 10.1 Å². The average molecular weight is 314 g/mol. The number of hydrogen-bond donors (Lipinski definition) is 0. The summed E-state index contributed by atoms with van der Waals surface area (Å²) in [5, 5.41) is 11.0. The van der Waals surface area contributed by atoms with Gasteiger partial charge in [-0.3, -0.25) is 19.9 Å². The van der Waals surface area contributed by atoms with E-state index in [0.717, 1.165) is 5.56 Å². The van der Waals surface area contributed by atoms with Crippen LogP contribution in [0.15, 0.2) is 48.8 Å². The lowest BCUT2D eigenvalue weighted by Gasteiger charge is -2.27. The number of carbonyl (C=O) groups excluding carboxylic acids is 1. The highest BCUT2D eigenvalue weighted by molar-refractivity contribution is 5.83. The van der Waals surface area contributed by atoms with E-state index in [1.807, 2.05) is 6.07 Å². The van der Waals surface area contributed by atoms with Gasteiger partial charge in [0, 0.05) is 24.5 Å². The van der Waals surface area contributed by atoms with Gasteiger partial charge in [-0.15, -0.1) is 0 Å². The second kappa shape index (κ2) is 7.00. The first-order valence-corrected chi connectivity index (χ1v) is 7.28. The van der Waals surface area contributed by atoms with E-state index in [0.29, 0.717) is 12.0 Å². The maximum Gasteiger partial charge on any atom is 0.316 e. The van der Waals surface area contributed by atoms with Crippen molar-refractivity contribution in [2.24, 2.45) is 0 Å². The highest BCUT2D eigenvalue weighted by atomic mass is 16.6. The summed E-state index contributed by atoms with van der Waals surface area (Å²) in [6.45, 7) is 3.71. The van der Waals surface area contributed by atoms with E-state index in [-0.39, 0.29) is 12.3 Å². The van der Waals surface area contributed by atoms with Gasteiger partial charge in [0.2, 0.25) is 0 Å². The van der Waals surface area contributed by atoms with Crippen LogP contribution in [0.5, 0.6) is 0 Å². The molecule has 0 aliphatic carbocycles. The number of nitrogens with zero attached hydrogens (tertiary/aromatic N) is 2. The average Bonchev–Trinajstić information content (AvgIpc) is 2.56. The summed E-state index contributed by atoms with van der Waals surface area (Å²) < 4.78 is 5.20. The zero-order chi connectivity index (χ0) is 16.9. The topological polar surface area (TPSA) is 82.3 Å². The predicted molar refractivity (Wildman–Crippen MR) is 85.0 cm³/mol. The molecule has 6 nitrogen and oxygen atoms in total. The normalized spacial score (nSPS) is 13.1. The molecule has 0 amide bonds. The second-order valence-electron chi connectivity index (χ2n) is 5.40. The third-order valence-corrected chi connectivity index (χ3v) is 3.70. The summed E-state index contributed by atoms with van der Waals surface area (Å²) in [5.41, 5.74) is 0.332. The number of benzene rings is 1. The SMILES string of the molecule is CCOC(=O)C(C)(Cc1cccnc1)c1cccc([N+](=O)[O-])c1. The van der Waals surface area contributed by atoms with E-state index in [2.05, 4.69) is 4.98 Å². The van der Waals surface area contributed by atoms with Crippen LogP contribution in [-0.2, 0) is 21.4 Å². The van der Waals surface area contributed by atoms with Crippen LogP contribution in [0.3, 0.4) is 0 Å². The highest BCUT2D eigenvalue weighted by Crippen LogP contribution is 2.32. The van der Waals surface area contributed by atoms with Crippen molar-refractivity contribution in [3.63, 3.8) is 0 Å². The Morgan fingerprint density at radius 3 is 2.74 bits per heavy atom. The third-order valence-electron chi connectivity index (χ3n) is 3.70. The van der Waals surface area contributed by atoms with E-state index in [1.165, 1.54) is 12.1 Å². The number of nitro groups is 1. The number of ether oxygens (including phenoxy) is 1. The molecule has 0 radical (unpaired) electrons. The fourth-order valence-electron chi connectivity index (χ4n) is 2.46. The Morgan fingerprint density at radius 2 is 2.13 bits per heavy atom. The van der Waals surface area contributed by atoms with Gasteiger partial charge >= 0.3 is 5.97 Å². The molecule has 1 unspecified atom stereocenters. The van der Waals surface area contributed by atoms with Crippen molar-refractivity contribution in [1.29, 1.82) is 0 Å². The Labute approximate surface area is 134 Å². The molecule has 0 saturated carbocycles. The van der Waals surface area contributed by atoms with Gasteiger partial charge in [-0.05, 0) is 37.5 Å². The van der Waals surface area contributed by atoms with Gasteiger partial charge in [-0.1, -0.05) is 18.2 Å². The molecule has 0 fully saturated rings. The molecule has 1 heterocycles. The number of carbonyl (C=O) groups is 1. The fraction of sp³-hybridized carbons (Fsp3) is 0.294. The Morgan fingerprint density at radius 1 is 1.35 bits per heavy atom. The highest BCUT2D eigenvalue weighted by Gasteiger charge is 2.37. The van der Waals surface area contributed by atoms with E-state index < -0.39 is 16.3 Å². The van der Waals surface area contributed by atoms with Gasteiger partial charge in [-0.2, -0.15) is 0 Å². The van der Waals surface area contributed by atoms with Gasteiger partial charge in [0.05, 0.1) is 16.9 Å². The molecule has 0 saturated heterocycles. The standard InChI is InChI=1S/C17H18N2O4/c1-3-23-16(20)17(2,11-13-6-5-9-18-12-13)14-7-4-8-15(10-14)19(21)22/h4-10,12H,3,11H2,1-2H3. The van der Waals surface area contributed by atoms with Crippen LogP contribution in [0.4, 0.5) is 5.69 Å². The number of esters is 1. The van der Waals surface area contributed by atoms with Gasteiger partial charge in [0.1, 0.15) is 0 Å². The summed E-state index contributed by atoms with van der Waals surface area (Å²) in [6.07, 6.45) is 3.67. The molecule has 0 bridgehead atoms. The molecule has 1 aromatic carbocycles. The number of pyridine rings is 1. The zero-order valence-corrected chi connectivity index (χ0v) is 13.1. The lowest BCUT2D eigenvalue weighted by Crippen LogP contribution is -2.36. The molecular weight excluding hydrogens is 296 g/mol.